The highest BCUT2D eigenvalue weighted by molar-refractivity contribution is 7.10. The Balaban J connectivity index is 1.93. The molecule has 2 heterocycles. The van der Waals surface area contributed by atoms with Gasteiger partial charge in [-0.15, -0.1) is 11.3 Å². The molecule has 2 nitrogen and oxygen atoms in total. The molecule has 0 spiro atoms. The number of fused-ring (bicyclic) bond motifs is 1. The Morgan fingerprint density at radius 2 is 2.39 bits per heavy atom. The van der Waals surface area contributed by atoms with Crippen molar-refractivity contribution < 1.29 is 0 Å². The third kappa shape index (κ3) is 1.88. The Morgan fingerprint density at radius 1 is 1.50 bits per heavy atom. The number of aryl methyl sites for hydroxylation is 2. The molecule has 3 rings (SSSR count). The van der Waals surface area contributed by atoms with E-state index in [0.717, 1.165) is 19.3 Å². The first-order valence-electron chi connectivity index (χ1n) is 6.57. The number of aromatic nitrogens is 1. The minimum atomic E-state index is 0.107. The summed E-state index contributed by atoms with van der Waals surface area (Å²) < 4.78 is 0. The Morgan fingerprint density at radius 3 is 3.22 bits per heavy atom. The molecular weight excluding hydrogens is 240 g/mol. The lowest BCUT2D eigenvalue weighted by Crippen LogP contribution is -2.18. The van der Waals surface area contributed by atoms with Gasteiger partial charge in [-0.25, -0.2) is 0 Å². The summed E-state index contributed by atoms with van der Waals surface area (Å²) in [6, 6.07) is 6.52. The minimum absolute atomic E-state index is 0.107. The molecule has 0 saturated carbocycles. The summed E-state index contributed by atoms with van der Waals surface area (Å²) >= 11 is 1.79. The number of rotatable bonds is 3. The van der Waals surface area contributed by atoms with Crippen LogP contribution in [0, 0.1) is 0 Å². The quantitative estimate of drug-likeness (QED) is 0.916. The molecule has 2 N–H and O–H groups in total. The van der Waals surface area contributed by atoms with E-state index in [9.17, 15) is 0 Å². The van der Waals surface area contributed by atoms with Crippen LogP contribution in [0.2, 0.25) is 0 Å². The van der Waals surface area contributed by atoms with E-state index >= 15 is 0 Å². The van der Waals surface area contributed by atoms with Gasteiger partial charge in [0.1, 0.15) is 0 Å². The van der Waals surface area contributed by atoms with Gasteiger partial charge in [0.05, 0.1) is 0 Å². The summed E-state index contributed by atoms with van der Waals surface area (Å²) in [6.07, 6.45) is 5.20. The molecular formula is C15H18N2S. The van der Waals surface area contributed by atoms with Gasteiger partial charge in [0.15, 0.2) is 0 Å². The highest BCUT2D eigenvalue weighted by Gasteiger charge is 2.31. The molecule has 0 aromatic carbocycles. The van der Waals surface area contributed by atoms with Crippen LogP contribution in [0.3, 0.4) is 0 Å². The second-order valence-electron chi connectivity index (χ2n) is 4.88. The molecule has 2 atom stereocenters. The lowest BCUT2D eigenvalue weighted by atomic mass is 9.94. The van der Waals surface area contributed by atoms with Crippen LogP contribution in [0.4, 0.5) is 0 Å². The van der Waals surface area contributed by atoms with Gasteiger partial charge in [0.2, 0.25) is 0 Å². The SMILES string of the molecule is CCc1ccsc1C(N)C1CCc2cccnc21. The van der Waals surface area contributed by atoms with Gasteiger partial charge in [-0.1, -0.05) is 13.0 Å². The third-order valence-corrected chi connectivity index (χ3v) is 4.96. The van der Waals surface area contributed by atoms with Gasteiger partial charge >= 0.3 is 0 Å². The van der Waals surface area contributed by atoms with Gasteiger partial charge in [-0.05, 0) is 47.9 Å². The van der Waals surface area contributed by atoms with Crippen molar-refractivity contribution in [1.82, 2.24) is 4.98 Å². The summed E-state index contributed by atoms with van der Waals surface area (Å²) in [6.45, 7) is 2.19. The van der Waals surface area contributed by atoms with Crippen molar-refractivity contribution in [1.29, 1.82) is 0 Å². The molecule has 0 aliphatic heterocycles. The lowest BCUT2D eigenvalue weighted by molar-refractivity contribution is 0.545. The van der Waals surface area contributed by atoms with E-state index in [0.29, 0.717) is 5.92 Å². The maximum Gasteiger partial charge on any atom is 0.0485 e. The van der Waals surface area contributed by atoms with Crippen LogP contribution >= 0.6 is 11.3 Å². The van der Waals surface area contributed by atoms with Crippen LogP contribution in [0.5, 0.6) is 0 Å². The van der Waals surface area contributed by atoms with E-state index in [-0.39, 0.29) is 6.04 Å². The predicted molar refractivity (Wildman–Crippen MR) is 75.9 cm³/mol. The molecule has 94 valence electrons. The first-order chi connectivity index (χ1) is 8.81. The molecule has 18 heavy (non-hydrogen) atoms. The highest BCUT2D eigenvalue weighted by Crippen LogP contribution is 2.41. The van der Waals surface area contributed by atoms with Crippen LogP contribution in [0.25, 0.3) is 0 Å². The van der Waals surface area contributed by atoms with Crippen molar-refractivity contribution in [2.45, 2.75) is 38.1 Å². The van der Waals surface area contributed by atoms with Gasteiger partial charge in [0, 0.05) is 28.7 Å². The van der Waals surface area contributed by atoms with E-state index in [2.05, 4.69) is 29.4 Å². The fourth-order valence-electron chi connectivity index (χ4n) is 2.91. The average Bonchev–Trinajstić information content (AvgIpc) is 3.04. The van der Waals surface area contributed by atoms with Crippen LogP contribution in [-0.2, 0) is 12.8 Å². The number of hydrogen-bond donors (Lipinski definition) is 1. The Labute approximate surface area is 112 Å². The molecule has 1 aliphatic carbocycles. The maximum atomic E-state index is 6.51. The molecule has 0 saturated heterocycles. The largest absolute Gasteiger partial charge is 0.323 e. The van der Waals surface area contributed by atoms with Crippen LogP contribution in [0.1, 0.15) is 47.0 Å². The Kier molecular flexibility index (Phi) is 3.18. The molecule has 1 aliphatic rings. The van der Waals surface area contributed by atoms with Crippen molar-refractivity contribution >= 4 is 11.3 Å². The van der Waals surface area contributed by atoms with Crippen LogP contribution < -0.4 is 5.73 Å². The zero-order chi connectivity index (χ0) is 12.5. The molecule has 0 bridgehead atoms. The smallest absolute Gasteiger partial charge is 0.0485 e. The molecule has 0 radical (unpaired) electrons. The molecule has 0 fully saturated rings. The summed E-state index contributed by atoms with van der Waals surface area (Å²) in [5, 5.41) is 2.16. The first-order valence-corrected chi connectivity index (χ1v) is 7.45. The van der Waals surface area contributed by atoms with Gasteiger partial charge in [-0.2, -0.15) is 0 Å². The predicted octanol–water partition coefficient (Wildman–Crippen LogP) is 3.44. The van der Waals surface area contributed by atoms with Crippen molar-refractivity contribution in [3.05, 3.63) is 51.5 Å². The van der Waals surface area contributed by atoms with E-state index in [1.54, 1.807) is 11.3 Å². The highest BCUT2D eigenvalue weighted by atomic mass is 32.1. The maximum absolute atomic E-state index is 6.51. The fraction of sp³-hybridized carbons (Fsp3) is 0.400. The fourth-order valence-corrected chi connectivity index (χ4v) is 3.97. The Bertz CT molecular complexity index is 547. The van der Waals surface area contributed by atoms with E-state index in [4.69, 9.17) is 5.73 Å². The monoisotopic (exact) mass is 258 g/mol. The molecule has 2 aromatic heterocycles. The zero-order valence-electron chi connectivity index (χ0n) is 10.6. The van der Waals surface area contributed by atoms with Crippen molar-refractivity contribution in [3.63, 3.8) is 0 Å². The molecule has 0 amide bonds. The van der Waals surface area contributed by atoms with Crippen molar-refractivity contribution in [2.24, 2.45) is 5.73 Å². The van der Waals surface area contributed by atoms with Crippen LogP contribution in [-0.4, -0.2) is 4.98 Å². The summed E-state index contributed by atoms with van der Waals surface area (Å²) in [4.78, 5) is 5.90. The summed E-state index contributed by atoms with van der Waals surface area (Å²) in [5.74, 6) is 0.394. The average molecular weight is 258 g/mol. The number of pyridine rings is 1. The Hall–Kier alpha value is -1.19. The zero-order valence-corrected chi connectivity index (χ0v) is 11.4. The summed E-state index contributed by atoms with van der Waals surface area (Å²) in [5.41, 5.74) is 10.5. The standard InChI is InChI=1S/C15H18N2S/c1-2-10-7-9-18-15(10)13(16)12-6-5-11-4-3-8-17-14(11)12/h3-4,7-9,12-13H,2,5-6,16H2,1H3. The van der Waals surface area contributed by atoms with Crippen molar-refractivity contribution in [3.8, 4) is 0 Å². The molecule has 3 heteroatoms. The normalized spacial score (nSPS) is 19.8. The van der Waals surface area contributed by atoms with Gasteiger partial charge in [-0.3, -0.25) is 4.98 Å². The topological polar surface area (TPSA) is 38.9 Å². The minimum Gasteiger partial charge on any atom is -0.323 e. The van der Waals surface area contributed by atoms with Gasteiger partial charge < -0.3 is 5.73 Å². The molecule has 2 aromatic rings. The summed E-state index contributed by atoms with van der Waals surface area (Å²) in [7, 11) is 0. The third-order valence-electron chi connectivity index (χ3n) is 3.90. The number of hydrogen-bond acceptors (Lipinski definition) is 3. The lowest BCUT2D eigenvalue weighted by Gasteiger charge is -2.19. The second-order valence-corrected chi connectivity index (χ2v) is 5.83. The van der Waals surface area contributed by atoms with E-state index in [1.807, 2.05) is 12.3 Å². The number of nitrogens with two attached hydrogens (primary N) is 1. The molecule has 2 unspecified atom stereocenters. The first kappa shape index (κ1) is 11.9. The van der Waals surface area contributed by atoms with Crippen molar-refractivity contribution in [2.75, 3.05) is 0 Å². The van der Waals surface area contributed by atoms with Crippen LogP contribution in [0.15, 0.2) is 29.8 Å². The number of thiophene rings is 1. The van der Waals surface area contributed by atoms with Gasteiger partial charge in [0.25, 0.3) is 0 Å². The second kappa shape index (κ2) is 4.82. The number of nitrogens with zero attached hydrogens (tertiary/aromatic N) is 1. The van der Waals surface area contributed by atoms with E-state index < -0.39 is 0 Å². The van der Waals surface area contributed by atoms with E-state index in [1.165, 1.54) is 21.7 Å².